The van der Waals surface area contributed by atoms with E-state index in [1.54, 1.807) is 6.07 Å². The van der Waals surface area contributed by atoms with Crippen LogP contribution < -0.4 is 15.8 Å². The van der Waals surface area contributed by atoms with E-state index in [2.05, 4.69) is 15.5 Å². The number of carbonyl (C=O) groups is 2. The van der Waals surface area contributed by atoms with E-state index in [0.717, 1.165) is 17.2 Å². The van der Waals surface area contributed by atoms with Gasteiger partial charge in [0, 0.05) is 12.0 Å². The van der Waals surface area contributed by atoms with Crippen molar-refractivity contribution < 1.29 is 23.2 Å². The van der Waals surface area contributed by atoms with Gasteiger partial charge >= 0.3 is 0 Å². The molecule has 1 heterocycles. The maximum Gasteiger partial charge on any atom is 0.251 e. The number of benzene rings is 3. The number of halogens is 4. The zero-order valence-corrected chi connectivity index (χ0v) is 24.9. The van der Waals surface area contributed by atoms with E-state index in [1.165, 1.54) is 18.2 Å². The SMILES string of the molecule is Cl.NCCCC[C@H](NC(=O)c1cccc(F)c1)C(=O)c1noc(Cc2ccc(OCCc3ccc(Cl)c(Cl)c3)cc2)n1. The lowest BCUT2D eigenvalue weighted by molar-refractivity contribution is 0.0843. The first-order chi connectivity index (χ1) is 19.8. The lowest BCUT2D eigenvalue weighted by Crippen LogP contribution is -2.41. The highest BCUT2D eigenvalue weighted by atomic mass is 35.5. The van der Waals surface area contributed by atoms with E-state index in [4.69, 9.17) is 38.2 Å². The molecule has 0 bridgehead atoms. The van der Waals surface area contributed by atoms with Gasteiger partial charge in [-0.25, -0.2) is 4.39 Å². The summed E-state index contributed by atoms with van der Waals surface area (Å²) in [5.74, 6) is -0.802. The van der Waals surface area contributed by atoms with Crippen LogP contribution in [0.1, 0.15) is 57.3 Å². The van der Waals surface area contributed by atoms with Crippen molar-refractivity contribution in [2.75, 3.05) is 13.2 Å². The normalized spacial score (nSPS) is 11.4. The van der Waals surface area contributed by atoms with Crippen LogP contribution in [0.2, 0.25) is 10.0 Å². The average Bonchev–Trinajstić information content (AvgIpc) is 3.43. The first-order valence-corrected chi connectivity index (χ1v) is 13.9. The topological polar surface area (TPSA) is 120 Å². The van der Waals surface area contributed by atoms with E-state index < -0.39 is 23.5 Å². The van der Waals surface area contributed by atoms with Gasteiger partial charge in [-0.1, -0.05) is 52.6 Å². The van der Waals surface area contributed by atoms with E-state index >= 15 is 0 Å². The van der Waals surface area contributed by atoms with Crippen LogP contribution in [0, 0.1) is 5.82 Å². The summed E-state index contributed by atoms with van der Waals surface area (Å²) in [7, 11) is 0. The van der Waals surface area contributed by atoms with Crippen LogP contribution in [0.25, 0.3) is 0 Å². The molecule has 42 heavy (non-hydrogen) atoms. The summed E-state index contributed by atoms with van der Waals surface area (Å²) in [6, 6.07) is 17.2. The number of nitrogens with zero attached hydrogens (tertiary/aromatic N) is 2. The molecule has 12 heteroatoms. The second-order valence-electron chi connectivity index (χ2n) is 9.36. The highest BCUT2D eigenvalue weighted by Gasteiger charge is 2.27. The molecule has 0 aliphatic rings. The van der Waals surface area contributed by atoms with Gasteiger partial charge in [-0.2, -0.15) is 4.98 Å². The highest BCUT2D eigenvalue weighted by molar-refractivity contribution is 6.42. The fourth-order valence-electron chi connectivity index (χ4n) is 4.08. The molecule has 8 nitrogen and oxygen atoms in total. The molecule has 1 atom stereocenters. The first kappa shape index (κ1) is 33.0. The molecular weight excluding hydrogens is 606 g/mol. The van der Waals surface area contributed by atoms with Gasteiger partial charge in [-0.15, -0.1) is 12.4 Å². The Morgan fingerprint density at radius 3 is 2.48 bits per heavy atom. The Morgan fingerprint density at radius 1 is 1.00 bits per heavy atom. The summed E-state index contributed by atoms with van der Waals surface area (Å²) < 4.78 is 24.7. The number of amides is 1. The summed E-state index contributed by atoms with van der Waals surface area (Å²) in [4.78, 5) is 30.1. The van der Waals surface area contributed by atoms with Gasteiger partial charge in [-0.05, 0) is 79.4 Å². The van der Waals surface area contributed by atoms with Gasteiger partial charge in [-0.3, -0.25) is 9.59 Å². The Kier molecular flexibility index (Phi) is 12.7. The van der Waals surface area contributed by atoms with Crippen molar-refractivity contribution in [1.82, 2.24) is 15.5 Å². The van der Waals surface area contributed by atoms with E-state index in [9.17, 15) is 14.0 Å². The maximum absolute atomic E-state index is 13.6. The molecule has 4 rings (SSSR count). The summed E-state index contributed by atoms with van der Waals surface area (Å²) in [5.41, 5.74) is 7.59. The molecule has 0 unspecified atom stereocenters. The molecule has 0 saturated carbocycles. The minimum atomic E-state index is -0.914. The number of ether oxygens (including phenoxy) is 1. The van der Waals surface area contributed by atoms with E-state index in [0.29, 0.717) is 61.1 Å². The van der Waals surface area contributed by atoms with Gasteiger partial charge < -0.3 is 20.3 Å². The summed E-state index contributed by atoms with van der Waals surface area (Å²) >= 11 is 12.0. The Hall–Kier alpha value is -3.50. The van der Waals surface area contributed by atoms with Gasteiger partial charge in [0.05, 0.1) is 29.1 Å². The molecule has 1 aromatic heterocycles. The van der Waals surface area contributed by atoms with Crippen LogP contribution >= 0.6 is 35.6 Å². The number of unbranched alkanes of at least 4 members (excludes halogenated alkanes) is 1. The second-order valence-corrected chi connectivity index (χ2v) is 10.2. The standard InChI is InChI=1S/C30H29Cl2FN4O4.ClH/c31-24-12-9-20(16-25(24)32)13-15-40-23-10-7-19(8-11-23)17-27-36-29(37-41-27)28(38)26(6-1-2-14-34)35-30(39)21-4-3-5-22(33)18-21;/h3-5,7-12,16,18,26H,1-2,6,13-15,17,34H2,(H,35,39);1H/t26-;/m0./s1. The number of carbonyl (C=O) groups excluding carboxylic acids is 2. The van der Waals surface area contributed by atoms with E-state index in [-0.39, 0.29) is 29.7 Å². The summed E-state index contributed by atoms with van der Waals surface area (Å²) in [6.45, 7) is 0.917. The Balaban J connectivity index is 0.00000484. The third-order valence-corrected chi connectivity index (χ3v) is 7.01. The molecule has 3 N–H and O–H groups in total. The molecule has 222 valence electrons. The fourth-order valence-corrected chi connectivity index (χ4v) is 4.40. The van der Waals surface area contributed by atoms with Crippen molar-refractivity contribution >= 4 is 47.3 Å². The molecule has 1 amide bonds. The Labute approximate surface area is 259 Å². The van der Waals surface area contributed by atoms with Crippen molar-refractivity contribution in [2.24, 2.45) is 5.73 Å². The van der Waals surface area contributed by atoms with E-state index in [1.807, 2.05) is 36.4 Å². The highest BCUT2D eigenvalue weighted by Crippen LogP contribution is 2.23. The number of nitrogens with one attached hydrogen (secondary N) is 1. The number of ketones is 1. The predicted molar refractivity (Wildman–Crippen MR) is 161 cm³/mol. The Bertz CT molecular complexity index is 1480. The zero-order chi connectivity index (χ0) is 29.2. The molecule has 0 saturated heterocycles. The molecule has 4 aromatic rings. The molecule has 0 aliphatic heterocycles. The monoisotopic (exact) mass is 634 g/mol. The van der Waals surface area contributed by atoms with Crippen molar-refractivity contribution in [3.05, 3.63) is 111 Å². The second kappa shape index (κ2) is 16.2. The number of rotatable bonds is 14. The minimum absolute atomic E-state index is 0. The van der Waals surface area contributed by atoms with Crippen LogP contribution in [0.4, 0.5) is 4.39 Å². The van der Waals surface area contributed by atoms with Crippen molar-refractivity contribution in [1.29, 1.82) is 0 Å². The average molecular weight is 636 g/mol. The third-order valence-electron chi connectivity index (χ3n) is 6.27. The largest absolute Gasteiger partial charge is 0.493 e. The molecule has 0 fully saturated rings. The van der Waals surface area contributed by atoms with Crippen LogP contribution in [0.15, 0.2) is 71.3 Å². The number of aromatic nitrogens is 2. The van der Waals surface area contributed by atoms with Crippen molar-refractivity contribution in [3.63, 3.8) is 0 Å². The lowest BCUT2D eigenvalue weighted by Gasteiger charge is -2.16. The number of Topliss-reactive ketones (excluding diaryl/α,β-unsaturated/α-hetero) is 1. The number of nitrogens with two attached hydrogens (primary N) is 1. The van der Waals surface area contributed by atoms with Crippen LogP contribution in [-0.2, 0) is 12.8 Å². The predicted octanol–water partition coefficient (Wildman–Crippen LogP) is 6.26. The molecule has 0 spiro atoms. The van der Waals surface area contributed by atoms with Crippen LogP contribution in [0.3, 0.4) is 0 Å². The molecule has 3 aromatic carbocycles. The third kappa shape index (κ3) is 9.52. The molecular formula is C30H30Cl3FN4O4. The van der Waals surface area contributed by atoms with Gasteiger partial charge in [0.25, 0.3) is 5.91 Å². The zero-order valence-electron chi connectivity index (χ0n) is 22.5. The maximum atomic E-state index is 13.6. The number of hydrogen-bond donors (Lipinski definition) is 2. The minimum Gasteiger partial charge on any atom is -0.493 e. The summed E-state index contributed by atoms with van der Waals surface area (Å²) in [6.07, 6.45) is 2.58. The van der Waals surface area contributed by atoms with Crippen LogP contribution in [0.5, 0.6) is 5.75 Å². The van der Waals surface area contributed by atoms with Crippen LogP contribution in [-0.4, -0.2) is 41.0 Å². The first-order valence-electron chi connectivity index (χ1n) is 13.1. The van der Waals surface area contributed by atoms with Gasteiger partial charge in [0.15, 0.2) is 0 Å². The van der Waals surface area contributed by atoms with Gasteiger partial charge in [0.2, 0.25) is 17.5 Å². The number of hydrogen-bond acceptors (Lipinski definition) is 7. The lowest BCUT2D eigenvalue weighted by atomic mass is 10.0. The quantitative estimate of drug-likeness (QED) is 0.124. The van der Waals surface area contributed by atoms with Crippen molar-refractivity contribution in [2.45, 2.75) is 38.1 Å². The van der Waals surface area contributed by atoms with Crippen molar-refractivity contribution in [3.8, 4) is 5.75 Å². The van der Waals surface area contributed by atoms with Gasteiger partial charge in [0.1, 0.15) is 11.6 Å². The molecule has 0 radical (unpaired) electrons. The Morgan fingerprint density at radius 2 is 1.76 bits per heavy atom. The molecule has 0 aliphatic carbocycles. The summed E-state index contributed by atoms with van der Waals surface area (Å²) in [5, 5.41) is 7.53. The fraction of sp³-hybridized carbons (Fsp3) is 0.267. The smallest absolute Gasteiger partial charge is 0.251 e.